The highest BCUT2D eigenvalue weighted by Gasteiger charge is 2.51. The van der Waals surface area contributed by atoms with E-state index in [2.05, 4.69) is 15.3 Å². The van der Waals surface area contributed by atoms with Crippen LogP contribution < -0.4 is 15.7 Å². The first-order chi connectivity index (χ1) is 11.0. The normalized spacial score (nSPS) is 34.4. The van der Waals surface area contributed by atoms with Crippen LogP contribution in [-0.4, -0.2) is 28.0 Å². The highest BCUT2D eigenvalue weighted by molar-refractivity contribution is 6.29. The van der Waals surface area contributed by atoms with Crippen molar-refractivity contribution < 1.29 is 9.53 Å². The second kappa shape index (κ2) is 5.51. The zero-order chi connectivity index (χ0) is 16.0. The molecule has 6 nitrogen and oxygen atoms in total. The molecule has 7 heteroatoms. The average molecular weight is 338 g/mol. The second-order valence-corrected chi connectivity index (χ2v) is 7.81. The van der Waals surface area contributed by atoms with Gasteiger partial charge in [-0.1, -0.05) is 11.6 Å². The van der Waals surface area contributed by atoms with Crippen molar-refractivity contribution in [3.05, 3.63) is 21.7 Å². The maximum Gasteiger partial charge on any atom is 0.349 e. The van der Waals surface area contributed by atoms with Crippen LogP contribution in [0.1, 0.15) is 38.5 Å². The summed E-state index contributed by atoms with van der Waals surface area (Å²) in [4.78, 5) is 29.5. The lowest BCUT2D eigenvalue weighted by Gasteiger charge is -2.56. The molecule has 1 aromatic rings. The molecular weight excluding hydrogens is 318 g/mol. The van der Waals surface area contributed by atoms with Gasteiger partial charge in [-0.05, 0) is 56.3 Å². The Kier molecular flexibility index (Phi) is 3.59. The molecule has 0 unspecified atom stereocenters. The third-order valence-electron chi connectivity index (χ3n) is 5.48. The minimum Gasteiger partial charge on any atom is -0.467 e. The topological polar surface area (TPSA) is 84.1 Å². The third kappa shape index (κ3) is 3.09. The molecule has 0 aliphatic heterocycles. The molecule has 0 radical (unpaired) electrons. The van der Waals surface area contributed by atoms with Gasteiger partial charge in [-0.2, -0.15) is 4.98 Å². The number of aromatic amines is 1. The van der Waals surface area contributed by atoms with Crippen molar-refractivity contribution in [1.82, 2.24) is 15.3 Å². The Balaban J connectivity index is 1.38. The Bertz CT molecular complexity index is 652. The number of hydrogen-bond donors (Lipinski definition) is 2. The van der Waals surface area contributed by atoms with Crippen LogP contribution in [0.2, 0.25) is 5.15 Å². The largest absolute Gasteiger partial charge is 0.467 e. The van der Waals surface area contributed by atoms with Gasteiger partial charge < -0.3 is 10.1 Å². The van der Waals surface area contributed by atoms with Crippen LogP contribution in [0.3, 0.4) is 0 Å². The van der Waals surface area contributed by atoms with Crippen LogP contribution in [0.25, 0.3) is 0 Å². The van der Waals surface area contributed by atoms with Crippen LogP contribution in [0, 0.1) is 17.8 Å². The molecule has 4 fully saturated rings. The van der Waals surface area contributed by atoms with E-state index < -0.39 is 5.69 Å². The fourth-order valence-electron chi connectivity index (χ4n) is 5.22. The van der Waals surface area contributed by atoms with Gasteiger partial charge >= 0.3 is 5.69 Å². The van der Waals surface area contributed by atoms with E-state index >= 15 is 0 Å². The fraction of sp³-hybridized carbons (Fsp3) is 0.688. The Morgan fingerprint density at radius 3 is 2.48 bits per heavy atom. The monoisotopic (exact) mass is 337 g/mol. The molecule has 2 N–H and O–H groups in total. The van der Waals surface area contributed by atoms with Crippen molar-refractivity contribution >= 4 is 17.5 Å². The molecule has 5 rings (SSSR count). The molecule has 1 aromatic heterocycles. The third-order valence-corrected chi connectivity index (χ3v) is 5.69. The Hall–Kier alpha value is -1.56. The first-order valence-corrected chi connectivity index (χ1v) is 8.58. The van der Waals surface area contributed by atoms with Crippen LogP contribution in [-0.2, 0) is 4.79 Å². The zero-order valence-corrected chi connectivity index (χ0v) is 13.6. The van der Waals surface area contributed by atoms with Gasteiger partial charge in [-0.25, -0.2) is 4.79 Å². The number of ether oxygens (including phenoxy) is 1. The van der Waals surface area contributed by atoms with E-state index in [9.17, 15) is 9.59 Å². The van der Waals surface area contributed by atoms with Crippen molar-refractivity contribution in [1.29, 1.82) is 0 Å². The predicted molar refractivity (Wildman–Crippen MR) is 84.4 cm³/mol. The quantitative estimate of drug-likeness (QED) is 0.822. The summed E-state index contributed by atoms with van der Waals surface area (Å²) in [7, 11) is 0. The fourth-order valence-corrected chi connectivity index (χ4v) is 5.39. The first-order valence-electron chi connectivity index (χ1n) is 8.20. The van der Waals surface area contributed by atoms with Crippen LogP contribution in [0.15, 0.2) is 10.9 Å². The average Bonchev–Trinajstić information content (AvgIpc) is 2.42. The summed E-state index contributed by atoms with van der Waals surface area (Å²) in [5.74, 6) is 2.24. The highest BCUT2D eigenvalue weighted by Crippen LogP contribution is 2.55. The molecular formula is C16H20ClN3O3. The molecule has 4 bridgehead atoms. The summed E-state index contributed by atoms with van der Waals surface area (Å²) in [6.07, 6.45) is 7.29. The number of hydrogen-bond acceptors (Lipinski definition) is 4. The van der Waals surface area contributed by atoms with Gasteiger partial charge in [0.25, 0.3) is 5.91 Å². The van der Waals surface area contributed by atoms with Crippen molar-refractivity contribution in [2.45, 2.75) is 44.1 Å². The summed E-state index contributed by atoms with van der Waals surface area (Å²) in [6.45, 7) is -0.144. The minimum absolute atomic E-state index is 0.0333. The van der Waals surface area contributed by atoms with Crippen molar-refractivity contribution in [2.24, 2.45) is 17.8 Å². The molecule has 23 heavy (non-hydrogen) atoms. The number of nitrogens with one attached hydrogen (secondary N) is 2. The number of carbonyl (C=O) groups is 1. The number of aromatic nitrogens is 2. The lowest BCUT2D eigenvalue weighted by Crippen LogP contribution is -2.60. The Morgan fingerprint density at radius 1 is 1.30 bits per heavy atom. The second-order valence-electron chi connectivity index (χ2n) is 7.41. The van der Waals surface area contributed by atoms with E-state index in [1.165, 1.54) is 25.3 Å². The van der Waals surface area contributed by atoms with E-state index in [1.54, 1.807) is 0 Å². The molecule has 0 spiro atoms. The maximum atomic E-state index is 12.3. The van der Waals surface area contributed by atoms with Gasteiger partial charge in [0.2, 0.25) is 5.88 Å². The summed E-state index contributed by atoms with van der Waals surface area (Å²) in [5.41, 5.74) is -0.622. The van der Waals surface area contributed by atoms with Crippen molar-refractivity contribution in [3.8, 4) is 5.88 Å². The summed E-state index contributed by atoms with van der Waals surface area (Å²) >= 11 is 5.73. The number of amides is 1. The van der Waals surface area contributed by atoms with Gasteiger partial charge in [0.1, 0.15) is 5.15 Å². The SMILES string of the molecule is O=C(COc1cc(Cl)[nH]c(=O)n1)NC12CC3CC(CC(C3)C1)C2. The maximum absolute atomic E-state index is 12.3. The van der Waals surface area contributed by atoms with Gasteiger partial charge in [0.05, 0.1) is 0 Å². The summed E-state index contributed by atoms with van der Waals surface area (Å²) in [6, 6.07) is 1.39. The smallest absolute Gasteiger partial charge is 0.349 e. The molecule has 1 amide bonds. The molecule has 4 saturated carbocycles. The van der Waals surface area contributed by atoms with Gasteiger partial charge in [-0.15, -0.1) is 0 Å². The van der Waals surface area contributed by atoms with Crippen molar-refractivity contribution in [2.75, 3.05) is 6.61 Å². The number of halogens is 1. The standard InChI is InChI=1S/C16H20ClN3O3/c17-12-4-14(19-15(22)18-12)23-8-13(21)20-16-5-9-1-10(6-16)3-11(2-9)7-16/h4,9-11H,1-3,5-8H2,(H,20,21)(H,18,19,22). The lowest BCUT2D eigenvalue weighted by atomic mass is 9.53. The molecule has 0 saturated heterocycles. The lowest BCUT2D eigenvalue weighted by molar-refractivity contribution is -0.128. The van der Waals surface area contributed by atoms with Gasteiger partial charge in [0.15, 0.2) is 6.61 Å². The molecule has 124 valence electrons. The Morgan fingerprint density at radius 2 is 1.91 bits per heavy atom. The van der Waals surface area contributed by atoms with Crippen LogP contribution in [0.5, 0.6) is 5.88 Å². The molecule has 4 aliphatic carbocycles. The van der Waals surface area contributed by atoms with E-state index in [1.807, 2.05) is 0 Å². The van der Waals surface area contributed by atoms with Gasteiger partial charge in [-0.3, -0.25) is 9.78 Å². The Labute approximate surface area is 139 Å². The van der Waals surface area contributed by atoms with Crippen molar-refractivity contribution in [3.63, 3.8) is 0 Å². The molecule has 0 atom stereocenters. The van der Waals surface area contributed by atoms with Crippen LogP contribution >= 0.6 is 11.6 Å². The van der Waals surface area contributed by atoms with Gasteiger partial charge in [0, 0.05) is 11.6 Å². The van der Waals surface area contributed by atoms with E-state index in [0.717, 1.165) is 37.0 Å². The minimum atomic E-state index is -0.589. The zero-order valence-electron chi connectivity index (χ0n) is 12.8. The highest BCUT2D eigenvalue weighted by atomic mass is 35.5. The molecule has 1 heterocycles. The summed E-state index contributed by atoms with van der Waals surface area (Å²) in [5, 5.41) is 3.35. The predicted octanol–water partition coefficient (Wildman–Crippen LogP) is 1.89. The van der Waals surface area contributed by atoms with Crippen LogP contribution in [0.4, 0.5) is 0 Å². The van der Waals surface area contributed by atoms with E-state index in [-0.39, 0.29) is 29.1 Å². The first kappa shape index (κ1) is 15.0. The van der Waals surface area contributed by atoms with E-state index in [4.69, 9.17) is 16.3 Å². The number of rotatable bonds is 4. The molecule has 0 aromatic carbocycles. The van der Waals surface area contributed by atoms with E-state index in [0.29, 0.717) is 0 Å². The number of carbonyl (C=O) groups excluding carboxylic acids is 1. The number of nitrogens with zero attached hydrogens (tertiary/aromatic N) is 1. The number of H-pyrrole nitrogens is 1. The summed E-state index contributed by atoms with van der Waals surface area (Å²) < 4.78 is 5.32. The molecule has 4 aliphatic rings.